The van der Waals surface area contributed by atoms with Crippen LogP contribution in [0, 0.1) is 5.82 Å². The average Bonchev–Trinajstić information content (AvgIpc) is 3.40. The molecule has 2 aromatic carbocycles. The molecule has 200 valence electrons. The van der Waals surface area contributed by atoms with Crippen molar-refractivity contribution in [2.45, 2.75) is 25.3 Å². The molecular weight excluding hydrogens is 515 g/mol. The molecule has 1 fully saturated rings. The standard InChI is InChI=1S/C26H28ClFN6O4/c27-21-13-16(28)4-9-20(21)24(36)32-17-5-7-18(8-6-17)33-26(38)23-22(30-15-31-23)25(37)29-10-12-34-11-2-1-3-19(34)14-35/h4-9,13,15,19,35H,1-3,10-12,14H2,(H,29,37)(H,30,31)(H,32,36)(H,33,38). The number of anilines is 2. The normalized spacial score (nSPS) is 15.6. The van der Waals surface area contributed by atoms with Crippen LogP contribution in [0.4, 0.5) is 15.8 Å². The zero-order chi connectivity index (χ0) is 27.1. The molecule has 0 spiro atoms. The minimum atomic E-state index is -0.581. The number of amides is 3. The number of H-pyrrole nitrogens is 1. The Bertz CT molecular complexity index is 1300. The van der Waals surface area contributed by atoms with E-state index >= 15 is 0 Å². The topological polar surface area (TPSA) is 139 Å². The zero-order valence-corrected chi connectivity index (χ0v) is 21.2. The lowest BCUT2D eigenvalue weighted by Crippen LogP contribution is -2.45. The fourth-order valence-corrected chi connectivity index (χ4v) is 4.55. The predicted octanol–water partition coefficient (Wildman–Crippen LogP) is 3.28. The van der Waals surface area contributed by atoms with Crippen molar-refractivity contribution >= 4 is 40.7 Å². The largest absolute Gasteiger partial charge is 0.395 e. The molecule has 2 heterocycles. The number of rotatable bonds is 9. The number of carbonyl (C=O) groups excluding carboxylic acids is 3. The van der Waals surface area contributed by atoms with Crippen LogP contribution in [0.25, 0.3) is 0 Å². The summed E-state index contributed by atoms with van der Waals surface area (Å²) in [5.41, 5.74) is 0.962. The van der Waals surface area contributed by atoms with Gasteiger partial charge < -0.3 is 26.0 Å². The number of likely N-dealkylation sites (tertiary alicyclic amines) is 1. The monoisotopic (exact) mass is 542 g/mol. The lowest BCUT2D eigenvalue weighted by Gasteiger charge is -2.34. The number of hydrogen-bond acceptors (Lipinski definition) is 6. The number of nitrogens with zero attached hydrogens (tertiary/aromatic N) is 2. The van der Waals surface area contributed by atoms with Crippen molar-refractivity contribution in [3.63, 3.8) is 0 Å². The molecule has 3 amide bonds. The van der Waals surface area contributed by atoms with Gasteiger partial charge in [0.15, 0.2) is 5.69 Å². The van der Waals surface area contributed by atoms with Gasteiger partial charge in [-0.3, -0.25) is 19.3 Å². The van der Waals surface area contributed by atoms with Crippen LogP contribution in [0.5, 0.6) is 0 Å². The van der Waals surface area contributed by atoms with Gasteiger partial charge in [0.05, 0.1) is 23.5 Å². The van der Waals surface area contributed by atoms with Gasteiger partial charge in [-0.1, -0.05) is 18.0 Å². The van der Waals surface area contributed by atoms with Crippen molar-refractivity contribution in [2.75, 3.05) is 36.9 Å². The third-order valence-electron chi connectivity index (χ3n) is 6.30. The van der Waals surface area contributed by atoms with E-state index < -0.39 is 23.5 Å². The van der Waals surface area contributed by atoms with Crippen molar-refractivity contribution in [1.29, 1.82) is 0 Å². The van der Waals surface area contributed by atoms with E-state index in [2.05, 4.69) is 30.8 Å². The fourth-order valence-electron chi connectivity index (χ4n) is 4.30. The smallest absolute Gasteiger partial charge is 0.276 e. The Morgan fingerprint density at radius 1 is 1.05 bits per heavy atom. The number of aromatic nitrogens is 2. The molecule has 1 aliphatic heterocycles. The minimum Gasteiger partial charge on any atom is -0.395 e. The molecule has 1 aliphatic rings. The van der Waals surface area contributed by atoms with Crippen LogP contribution < -0.4 is 16.0 Å². The van der Waals surface area contributed by atoms with E-state index in [0.717, 1.165) is 37.9 Å². The van der Waals surface area contributed by atoms with Crippen LogP contribution in [-0.2, 0) is 0 Å². The first kappa shape index (κ1) is 27.2. The molecule has 4 rings (SSSR count). The molecule has 12 heteroatoms. The van der Waals surface area contributed by atoms with Crippen molar-refractivity contribution in [2.24, 2.45) is 0 Å². The van der Waals surface area contributed by atoms with Crippen molar-refractivity contribution in [1.82, 2.24) is 20.2 Å². The van der Waals surface area contributed by atoms with Gasteiger partial charge in [-0.05, 0) is 61.9 Å². The van der Waals surface area contributed by atoms with Gasteiger partial charge in [0.25, 0.3) is 17.7 Å². The molecular formula is C26H28ClFN6O4. The molecule has 3 aromatic rings. The maximum Gasteiger partial charge on any atom is 0.276 e. The first-order chi connectivity index (χ1) is 18.4. The number of aliphatic hydroxyl groups excluding tert-OH is 1. The molecule has 1 atom stereocenters. The van der Waals surface area contributed by atoms with E-state index in [1.807, 2.05) is 0 Å². The Kier molecular flexibility index (Phi) is 9.06. The highest BCUT2D eigenvalue weighted by Gasteiger charge is 2.23. The van der Waals surface area contributed by atoms with Crippen LogP contribution in [-0.4, -0.2) is 70.0 Å². The summed E-state index contributed by atoms with van der Waals surface area (Å²) in [4.78, 5) is 46.8. The number of aliphatic hydroxyl groups is 1. The van der Waals surface area contributed by atoms with Gasteiger partial charge in [-0.15, -0.1) is 0 Å². The highest BCUT2D eigenvalue weighted by molar-refractivity contribution is 6.34. The number of imidazole rings is 1. The third-order valence-corrected chi connectivity index (χ3v) is 6.61. The molecule has 1 unspecified atom stereocenters. The maximum atomic E-state index is 13.2. The lowest BCUT2D eigenvalue weighted by molar-refractivity contribution is 0.0843. The minimum absolute atomic E-state index is 0.00826. The van der Waals surface area contributed by atoms with E-state index in [1.165, 1.54) is 12.4 Å². The summed E-state index contributed by atoms with van der Waals surface area (Å²) in [5, 5.41) is 17.7. The number of aromatic amines is 1. The summed E-state index contributed by atoms with van der Waals surface area (Å²) in [6.07, 6.45) is 4.36. The number of hydrogen-bond donors (Lipinski definition) is 5. The third kappa shape index (κ3) is 6.74. The Labute approximate surface area is 223 Å². The van der Waals surface area contributed by atoms with E-state index in [1.54, 1.807) is 24.3 Å². The van der Waals surface area contributed by atoms with Gasteiger partial charge >= 0.3 is 0 Å². The molecule has 1 aromatic heterocycles. The molecule has 38 heavy (non-hydrogen) atoms. The summed E-state index contributed by atoms with van der Waals surface area (Å²) < 4.78 is 13.2. The number of nitrogens with one attached hydrogen (secondary N) is 4. The maximum absolute atomic E-state index is 13.2. The summed E-state index contributed by atoms with van der Waals surface area (Å²) in [6.45, 7) is 1.94. The van der Waals surface area contributed by atoms with Crippen LogP contribution >= 0.6 is 11.6 Å². The number of carbonyl (C=O) groups is 3. The molecule has 0 saturated carbocycles. The Balaban J connectivity index is 1.31. The Hall–Kier alpha value is -3.80. The van der Waals surface area contributed by atoms with Crippen LogP contribution in [0.15, 0.2) is 48.8 Å². The molecule has 0 bridgehead atoms. The van der Waals surface area contributed by atoms with Gasteiger partial charge in [-0.25, -0.2) is 9.37 Å². The quantitative estimate of drug-likeness (QED) is 0.281. The Morgan fingerprint density at radius 2 is 1.76 bits per heavy atom. The van der Waals surface area contributed by atoms with Gasteiger partial charge in [0.1, 0.15) is 11.5 Å². The molecule has 0 aliphatic carbocycles. The summed E-state index contributed by atoms with van der Waals surface area (Å²) >= 11 is 5.94. The highest BCUT2D eigenvalue weighted by atomic mass is 35.5. The highest BCUT2D eigenvalue weighted by Crippen LogP contribution is 2.21. The lowest BCUT2D eigenvalue weighted by atomic mass is 10.0. The number of halogens is 2. The first-order valence-electron chi connectivity index (χ1n) is 12.2. The van der Waals surface area contributed by atoms with Gasteiger partial charge in [0.2, 0.25) is 0 Å². The van der Waals surface area contributed by atoms with Crippen molar-refractivity contribution < 1.29 is 23.9 Å². The summed E-state index contributed by atoms with van der Waals surface area (Å²) in [6, 6.07) is 9.88. The van der Waals surface area contributed by atoms with Crippen LogP contribution in [0.2, 0.25) is 5.02 Å². The van der Waals surface area contributed by atoms with Crippen LogP contribution in [0.3, 0.4) is 0 Å². The summed E-state index contributed by atoms with van der Waals surface area (Å²) in [7, 11) is 0. The molecule has 1 saturated heterocycles. The second kappa shape index (κ2) is 12.6. The van der Waals surface area contributed by atoms with Crippen molar-refractivity contribution in [3.8, 4) is 0 Å². The first-order valence-corrected chi connectivity index (χ1v) is 12.6. The number of benzene rings is 2. The molecule has 5 N–H and O–H groups in total. The SMILES string of the molecule is O=C(Nc1ccc(NC(=O)c2nc[nH]c2C(=O)NCCN2CCCCC2CO)cc1)c1ccc(F)cc1Cl. The second-order valence-electron chi connectivity index (χ2n) is 8.86. The predicted molar refractivity (Wildman–Crippen MR) is 141 cm³/mol. The Morgan fingerprint density at radius 3 is 2.45 bits per heavy atom. The van der Waals surface area contributed by atoms with E-state index in [4.69, 9.17) is 11.6 Å². The van der Waals surface area contributed by atoms with E-state index in [-0.39, 0.29) is 34.6 Å². The van der Waals surface area contributed by atoms with Crippen molar-refractivity contribution in [3.05, 3.63) is 76.6 Å². The number of piperidine rings is 1. The fraction of sp³-hybridized carbons (Fsp3) is 0.308. The second-order valence-corrected chi connectivity index (χ2v) is 9.27. The molecule has 10 nitrogen and oxygen atoms in total. The zero-order valence-electron chi connectivity index (χ0n) is 20.5. The van der Waals surface area contributed by atoms with Gasteiger partial charge in [0, 0.05) is 30.5 Å². The summed E-state index contributed by atoms with van der Waals surface area (Å²) in [5.74, 6) is -2.09. The van der Waals surface area contributed by atoms with Gasteiger partial charge in [-0.2, -0.15) is 0 Å². The van der Waals surface area contributed by atoms with E-state index in [9.17, 15) is 23.9 Å². The van der Waals surface area contributed by atoms with Crippen LogP contribution in [0.1, 0.15) is 50.6 Å². The van der Waals surface area contributed by atoms with E-state index in [0.29, 0.717) is 24.5 Å². The molecule has 0 radical (unpaired) electrons. The average molecular weight is 543 g/mol.